The molecule has 76 heavy (non-hydrogen) atoms. The molecule has 0 unspecified atom stereocenters. The number of aliphatic imine (C=N–C) groups is 2. The van der Waals surface area contributed by atoms with Crippen molar-refractivity contribution in [1.82, 2.24) is 30.7 Å². The summed E-state index contributed by atoms with van der Waals surface area (Å²) in [7, 11) is -8.35. The summed E-state index contributed by atoms with van der Waals surface area (Å²) in [5.74, 6) is -3.86. The highest BCUT2D eigenvalue weighted by Gasteiger charge is 2.27. The molecular formula is C48H70N8O18S2. The molecule has 2 aromatic rings. The Morgan fingerprint density at radius 2 is 0.921 bits per heavy atom. The molecule has 2 atom stereocenters. The molecule has 4 rings (SSSR count). The Hall–Kier alpha value is -6.46. The Morgan fingerprint density at radius 3 is 1.28 bits per heavy atom. The number of amidine groups is 2. The lowest BCUT2D eigenvalue weighted by molar-refractivity contribution is -0.147. The van der Waals surface area contributed by atoms with E-state index in [4.69, 9.17) is 28.4 Å². The topological polar surface area (TPSA) is 363 Å². The number of ether oxygens (including phenoxy) is 6. The zero-order valence-corrected chi connectivity index (χ0v) is 43.9. The number of hydrogen-bond donors (Lipinski definition) is 8. The number of nitrogens with zero attached hydrogens (tertiary/aromatic N) is 2. The number of carbonyl (C=O) groups is 6. The molecule has 0 fully saturated rings. The van der Waals surface area contributed by atoms with Crippen LogP contribution in [-0.4, -0.2) is 190 Å². The maximum Gasteiger partial charge on any atom is 0.323 e. The van der Waals surface area contributed by atoms with Crippen molar-refractivity contribution < 1.29 is 84.2 Å². The molecule has 2 aromatic carbocycles. The Morgan fingerprint density at radius 1 is 0.539 bits per heavy atom. The minimum atomic E-state index is -4.18. The highest BCUT2D eigenvalue weighted by molar-refractivity contribution is 7.89. The van der Waals surface area contributed by atoms with Gasteiger partial charge in [0.1, 0.15) is 36.8 Å². The summed E-state index contributed by atoms with van der Waals surface area (Å²) < 4.78 is 86.6. The first-order valence-corrected chi connectivity index (χ1v) is 28.3. The number of aliphatic carboxylic acids is 2. The lowest BCUT2D eigenvalue weighted by Gasteiger charge is -2.16. The van der Waals surface area contributed by atoms with Crippen molar-refractivity contribution in [2.24, 2.45) is 9.98 Å². The van der Waals surface area contributed by atoms with E-state index in [1.54, 1.807) is 24.3 Å². The third-order valence-corrected chi connectivity index (χ3v) is 13.9. The Kier molecular flexibility index (Phi) is 28.0. The average molecular weight is 1110 g/mol. The molecule has 0 aromatic heterocycles. The lowest BCUT2D eigenvalue weighted by atomic mass is 10.2. The number of hydrogen-bond acceptors (Lipinski definition) is 20. The van der Waals surface area contributed by atoms with Crippen molar-refractivity contribution in [1.29, 1.82) is 0 Å². The average Bonchev–Trinajstić information content (AvgIpc) is 3.40. The van der Waals surface area contributed by atoms with Gasteiger partial charge in [0, 0.05) is 76.1 Å². The second-order valence-corrected chi connectivity index (χ2v) is 20.9. The van der Waals surface area contributed by atoms with Crippen LogP contribution in [0.25, 0.3) is 0 Å². The number of amides is 2. The summed E-state index contributed by atoms with van der Waals surface area (Å²) in [6, 6.07) is 9.05. The molecule has 8 N–H and O–H groups in total. The van der Waals surface area contributed by atoms with E-state index in [2.05, 4.69) is 31.3 Å². The number of carbonyl (C=O) groups excluding carboxylic acids is 4. The molecule has 0 spiro atoms. The molecule has 0 saturated heterocycles. The van der Waals surface area contributed by atoms with E-state index < -0.39 is 92.4 Å². The predicted octanol–water partition coefficient (Wildman–Crippen LogP) is 0.373. The molecule has 0 bridgehead atoms. The highest BCUT2D eigenvalue weighted by Crippen LogP contribution is 2.15. The minimum absolute atomic E-state index is 0.0104. The van der Waals surface area contributed by atoms with Crippen LogP contribution in [0.15, 0.2) is 58.5 Å². The van der Waals surface area contributed by atoms with Crippen molar-refractivity contribution in [2.75, 3.05) is 104 Å². The molecule has 2 aliphatic heterocycles. The molecule has 28 heteroatoms. The Labute approximate surface area is 441 Å². The van der Waals surface area contributed by atoms with Crippen LogP contribution in [0.4, 0.5) is 0 Å². The van der Waals surface area contributed by atoms with Crippen molar-refractivity contribution >= 4 is 67.4 Å². The van der Waals surface area contributed by atoms with Crippen molar-refractivity contribution in [3.63, 3.8) is 0 Å². The van der Waals surface area contributed by atoms with Crippen LogP contribution < -0.4 is 40.2 Å². The first-order valence-electron chi connectivity index (χ1n) is 25.0. The van der Waals surface area contributed by atoms with Gasteiger partial charge in [0.2, 0.25) is 20.0 Å². The van der Waals surface area contributed by atoms with E-state index in [1.807, 2.05) is 9.44 Å². The maximum atomic E-state index is 12.7. The summed E-state index contributed by atoms with van der Waals surface area (Å²) in [4.78, 5) is 81.9. The normalized spacial score (nSPS) is 14.3. The monoisotopic (exact) mass is 1110 g/mol. The number of esters is 2. The largest absolute Gasteiger partial charge is 0.494 e. The number of sulfonamides is 2. The molecular weight excluding hydrogens is 1040 g/mol. The predicted molar refractivity (Wildman–Crippen MR) is 276 cm³/mol. The fourth-order valence-electron chi connectivity index (χ4n) is 6.97. The molecule has 0 radical (unpaired) electrons. The minimum Gasteiger partial charge on any atom is -0.494 e. The Balaban J connectivity index is 0.964. The second-order valence-electron chi connectivity index (χ2n) is 17.1. The maximum absolute atomic E-state index is 12.7. The van der Waals surface area contributed by atoms with E-state index in [9.17, 15) is 55.8 Å². The fourth-order valence-corrected chi connectivity index (χ4v) is 9.49. The first kappa shape index (κ1) is 62.1. The zero-order chi connectivity index (χ0) is 55.0. The standard InChI is InChI=1S/C48H70N8O18S2/c57-43(9-3-31-75(65,66)55-39(47(61)62)33-53-45(59)35-11-15-37(16-12-35)71-23-1-7-41-49-19-5-20-50-41)73-29-27-69-25-26-70-28-30-74-44(58)10-4-32-76(67,68)56-40(48(63)64)34-54-46(60)36-13-17-38(18-14-36)72-24-2-8-42-51-21-6-22-52-42/h11-18,39-40,55-56H,1-10,19-34H2,(H,49,50)(H,51,52)(H,53,59)(H,54,60)(H,61,62)(H,63,64)/t39-,40-/m0/s1. The number of carboxylic acid groups (broad SMARTS) is 2. The summed E-state index contributed by atoms with van der Waals surface area (Å²) >= 11 is 0. The van der Waals surface area contributed by atoms with Gasteiger partial charge < -0.3 is 59.9 Å². The van der Waals surface area contributed by atoms with E-state index in [0.717, 1.165) is 76.4 Å². The van der Waals surface area contributed by atoms with E-state index in [0.29, 0.717) is 24.7 Å². The highest BCUT2D eigenvalue weighted by atomic mass is 32.2. The van der Waals surface area contributed by atoms with Gasteiger partial charge in [-0.25, -0.2) is 16.8 Å². The van der Waals surface area contributed by atoms with Crippen molar-refractivity contribution in [3.8, 4) is 11.5 Å². The van der Waals surface area contributed by atoms with Gasteiger partial charge >= 0.3 is 23.9 Å². The van der Waals surface area contributed by atoms with Gasteiger partial charge in [-0.05, 0) is 87.1 Å². The molecule has 0 saturated carbocycles. The molecule has 2 aliphatic rings. The molecule has 2 amide bonds. The van der Waals surface area contributed by atoms with Crippen molar-refractivity contribution in [2.45, 2.75) is 76.3 Å². The van der Waals surface area contributed by atoms with E-state index >= 15 is 0 Å². The fraction of sp³-hybridized carbons (Fsp3) is 0.583. The van der Waals surface area contributed by atoms with Crippen LogP contribution >= 0.6 is 0 Å². The number of rotatable bonds is 39. The molecule has 0 aliphatic carbocycles. The van der Waals surface area contributed by atoms with Crippen LogP contribution in [-0.2, 0) is 58.2 Å². The molecule has 2 heterocycles. The van der Waals surface area contributed by atoms with Crippen LogP contribution in [0.5, 0.6) is 11.5 Å². The van der Waals surface area contributed by atoms with Crippen LogP contribution in [0.2, 0.25) is 0 Å². The summed E-state index contributed by atoms with van der Waals surface area (Å²) in [5, 5.41) is 30.5. The van der Waals surface area contributed by atoms with Gasteiger partial charge in [0.15, 0.2) is 0 Å². The van der Waals surface area contributed by atoms with Crippen molar-refractivity contribution in [3.05, 3.63) is 59.7 Å². The van der Waals surface area contributed by atoms with Gasteiger partial charge in [-0.3, -0.25) is 38.8 Å². The summed E-state index contributed by atoms with van der Waals surface area (Å²) in [6.07, 6.45) is 4.14. The number of carboxylic acids is 2. The second kappa shape index (κ2) is 34.3. The third-order valence-electron chi connectivity index (χ3n) is 10.9. The van der Waals surface area contributed by atoms with Gasteiger partial charge in [-0.2, -0.15) is 9.44 Å². The summed E-state index contributed by atoms with van der Waals surface area (Å²) in [5.41, 5.74) is 0.423. The quantitative estimate of drug-likeness (QED) is 0.0331. The van der Waals surface area contributed by atoms with Gasteiger partial charge in [0.05, 0.1) is 62.8 Å². The first-order chi connectivity index (χ1) is 36.5. The number of nitrogens with one attached hydrogen (secondary N) is 6. The van der Waals surface area contributed by atoms with Crippen LogP contribution in [0, 0.1) is 0 Å². The molecule has 422 valence electrons. The van der Waals surface area contributed by atoms with Gasteiger partial charge in [-0.1, -0.05) is 0 Å². The third kappa shape index (κ3) is 26.3. The Bertz CT molecular complexity index is 2290. The van der Waals surface area contributed by atoms with E-state index in [1.165, 1.54) is 24.3 Å². The number of benzene rings is 2. The van der Waals surface area contributed by atoms with Crippen LogP contribution in [0.1, 0.15) is 84.9 Å². The van der Waals surface area contributed by atoms with E-state index in [-0.39, 0.29) is 76.5 Å². The molecule has 26 nitrogen and oxygen atoms in total. The van der Waals surface area contributed by atoms with Gasteiger partial charge in [-0.15, -0.1) is 0 Å². The van der Waals surface area contributed by atoms with Crippen LogP contribution in [0.3, 0.4) is 0 Å². The lowest BCUT2D eigenvalue weighted by Crippen LogP contribution is -2.49. The zero-order valence-electron chi connectivity index (χ0n) is 42.3. The smallest absolute Gasteiger partial charge is 0.323 e. The SMILES string of the molecule is O=C(CCCS(=O)(=O)N[C@@H](CNC(=O)c1ccc(OCCCC2=NCCCN2)cc1)C(=O)O)OCCOCCOCCOC(=O)CCCS(=O)(=O)N[C@@H](CNC(=O)c1ccc(OCCCC2=NCCCN2)cc1)C(=O)O. The van der Waals surface area contributed by atoms with Gasteiger partial charge in [0.25, 0.3) is 11.8 Å². The summed E-state index contributed by atoms with van der Waals surface area (Å²) in [6.45, 7) is 3.12.